The molecule has 1 heterocycles. The van der Waals surface area contributed by atoms with Crippen molar-refractivity contribution in [3.05, 3.63) is 129 Å². The Hall–Kier alpha value is -2.35. The first kappa shape index (κ1) is 34.1. The Labute approximate surface area is 304 Å². The molecular weight excluding hydrogens is 659 g/mol. The summed E-state index contributed by atoms with van der Waals surface area (Å²) in [6, 6.07) is 33.5. The largest absolute Gasteiger partial charge is 1.00 e. The SMILES string of the molecule is Cc1ccc(-c2cccc3c2C=C(C2CCCC2)[CH]3[Ti+2]2([CH]3C(C4CCCC4)=Cc4c(-c5ccc(C)cc5)cccc43)[CH2]C[CH2]2)cc1.[Cl-].[Cl-]. The van der Waals surface area contributed by atoms with Crippen LogP contribution in [0.2, 0.25) is 9.45 Å². The van der Waals surface area contributed by atoms with Crippen molar-refractivity contribution in [1.29, 1.82) is 0 Å². The summed E-state index contributed by atoms with van der Waals surface area (Å²) in [7, 11) is 0. The molecule has 246 valence electrons. The van der Waals surface area contributed by atoms with Gasteiger partial charge in [-0.05, 0) is 0 Å². The Morgan fingerprint density at radius 3 is 1.23 bits per heavy atom. The van der Waals surface area contributed by atoms with Crippen LogP contribution in [0.15, 0.2) is 96.1 Å². The van der Waals surface area contributed by atoms with Gasteiger partial charge < -0.3 is 24.8 Å². The van der Waals surface area contributed by atoms with Crippen molar-refractivity contribution < 1.29 is 41.4 Å². The van der Waals surface area contributed by atoms with Crippen LogP contribution in [0.1, 0.15) is 99.6 Å². The summed E-state index contributed by atoms with van der Waals surface area (Å²) in [6.07, 6.45) is 18.2. The predicted octanol–water partition coefficient (Wildman–Crippen LogP) is 7.00. The molecule has 0 N–H and O–H groups in total. The fourth-order valence-corrected chi connectivity index (χ4v) is 20.6. The first-order chi connectivity index (χ1) is 22.6. The van der Waals surface area contributed by atoms with Gasteiger partial charge in [-0.3, -0.25) is 0 Å². The van der Waals surface area contributed by atoms with Crippen molar-refractivity contribution in [2.24, 2.45) is 11.8 Å². The van der Waals surface area contributed by atoms with Gasteiger partial charge in [0.2, 0.25) is 0 Å². The number of halogens is 2. The van der Waals surface area contributed by atoms with Crippen molar-refractivity contribution in [3.8, 4) is 22.3 Å². The second-order valence-corrected chi connectivity index (χ2v) is 22.8. The summed E-state index contributed by atoms with van der Waals surface area (Å²) < 4.78 is 4.49. The van der Waals surface area contributed by atoms with E-state index in [1.807, 2.05) is 11.1 Å². The maximum atomic E-state index is 2.77. The van der Waals surface area contributed by atoms with E-state index in [2.05, 4.69) is 111 Å². The van der Waals surface area contributed by atoms with Crippen molar-refractivity contribution in [1.82, 2.24) is 0 Å². The monoisotopic (exact) mass is 706 g/mol. The maximum absolute atomic E-state index is 2.77. The molecule has 2 saturated carbocycles. The average Bonchev–Trinajstić information content (AvgIpc) is 3.88. The molecule has 3 fully saturated rings. The molecule has 0 spiro atoms. The van der Waals surface area contributed by atoms with Gasteiger partial charge in [0.15, 0.2) is 0 Å². The van der Waals surface area contributed by atoms with Gasteiger partial charge in [0.1, 0.15) is 0 Å². The molecule has 48 heavy (non-hydrogen) atoms. The Morgan fingerprint density at radius 2 is 0.875 bits per heavy atom. The summed E-state index contributed by atoms with van der Waals surface area (Å²) in [5.74, 6) is 1.56. The van der Waals surface area contributed by atoms with E-state index >= 15 is 0 Å². The molecule has 0 bridgehead atoms. The summed E-state index contributed by atoms with van der Waals surface area (Å²) in [6.45, 7) is 4.42. The first-order valence-corrected chi connectivity index (χ1v) is 22.4. The van der Waals surface area contributed by atoms with Gasteiger partial charge >= 0.3 is 282 Å². The summed E-state index contributed by atoms with van der Waals surface area (Å²) in [4.78, 5) is 0. The van der Waals surface area contributed by atoms with E-state index in [0.29, 0.717) is 8.45 Å². The molecule has 0 nitrogen and oxygen atoms in total. The third-order valence-electron chi connectivity index (χ3n) is 13.0. The fraction of sp³-hybridized carbons (Fsp3) is 0.378. The van der Waals surface area contributed by atoms with Crippen molar-refractivity contribution >= 4 is 12.2 Å². The van der Waals surface area contributed by atoms with Gasteiger partial charge in [-0.1, -0.05) is 0 Å². The second kappa shape index (κ2) is 13.8. The van der Waals surface area contributed by atoms with Crippen LogP contribution in [-0.2, 0) is 16.6 Å². The van der Waals surface area contributed by atoms with Crippen LogP contribution in [0.3, 0.4) is 0 Å². The zero-order valence-corrected chi connectivity index (χ0v) is 31.7. The fourth-order valence-electron chi connectivity index (χ4n) is 10.7. The van der Waals surface area contributed by atoms with Gasteiger partial charge in [0.25, 0.3) is 0 Å². The van der Waals surface area contributed by atoms with Gasteiger partial charge in [-0.25, -0.2) is 0 Å². The quantitative estimate of drug-likeness (QED) is 0.190. The molecule has 2 unspecified atom stereocenters. The molecule has 4 aliphatic carbocycles. The summed E-state index contributed by atoms with van der Waals surface area (Å²) in [5, 5.41) is 0. The number of allylic oxidation sites excluding steroid dienone is 2. The molecule has 0 aromatic heterocycles. The predicted molar refractivity (Wildman–Crippen MR) is 193 cm³/mol. The van der Waals surface area contributed by atoms with Crippen LogP contribution in [0.25, 0.3) is 34.4 Å². The number of hydrogen-bond donors (Lipinski definition) is 0. The normalized spacial score (nSPS) is 22.0. The van der Waals surface area contributed by atoms with Crippen LogP contribution < -0.4 is 24.8 Å². The van der Waals surface area contributed by atoms with E-state index in [4.69, 9.17) is 0 Å². The van der Waals surface area contributed by atoms with Gasteiger partial charge in [-0.15, -0.1) is 0 Å². The van der Waals surface area contributed by atoms with Crippen molar-refractivity contribution in [2.45, 2.75) is 89.5 Å². The second-order valence-electron chi connectivity index (χ2n) is 15.6. The summed E-state index contributed by atoms with van der Waals surface area (Å²) in [5.41, 5.74) is 18.7. The Bertz CT molecular complexity index is 1720. The smallest absolute Gasteiger partial charge is 1.00 e. The molecule has 4 aromatic rings. The molecule has 1 aliphatic heterocycles. The average molecular weight is 708 g/mol. The molecule has 4 aromatic carbocycles. The number of benzene rings is 4. The minimum Gasteiger partial charge on any atom is -1.00 e. The maximum Gasteiger partial charge on any atom is -1.00 e. The van der Waals surface area contributed by atoms with E-state index in [0.717, 1.165) is 11.8 Å². The Kier molecular flexibility index (Phi) is 9.78. The molecule has 3 heteroatoms. The van der Waals surface area contributed by atoms with E-state index in [1.54, 1.807) is 22.3 Å². The molecule has 5 aliphatic rings. The number of fused-ring (bicyclic) bond motifs is 2. The standard InChI is InChI=1S/2C21H21.C3H6.2ClH.Ti/c2*1-15-9-11-17(12-10-15)20-8-4-7-18-13-19(14-21(18)20)16-5-2-3-6-16;1-3-2;;;/h2*4,7-14,16H,2-3,5-6H2,1H3;1-3H2;2*1H;/q;;;;;+2/p-2. The zero-order valence-electron chi connectivity index (χ0n) is 28.6. The van der Waals surface area contributed by atoms with Gasteiger partial charge in [-0.2, -0.15) is 0 Å². The van der Waals surface area contributed by atoms with Crippen molar-refractivity contribution in [3.63, 3.8) is 0 Å². The van der Waals surface area contributed by atoms with E-state index < -0.39 is 16.6 Å². The van der Waals surface area contributed by atoms with Crippen LogP contribution in [0.5, 0.6) is 0 Å². The van der Waals surface area contributed by atoms with Crippen LogP contribution >= 0.6 is 0 Å². The molecule has 0 radical (unpaired) electrons. The number of hydrogen-bond acceptors (Lipinski definition) is 0. The molecule has 2 atom stereocenters. The number of rotatable bonds is 6. The van der Waals surface area contributed by atoms with Crippen molar-refractivity contribution in [2.75, 3.05) is 0 Å². The molecular formula is C45H48Cl2Ti. The minimum absolute atomic E-state index is 0. The van der Waals surface area contributed by atoms with Crippen LogP contribution in [0.4, 0.5) is 0 Å². The molecule has 9 rings (SSSR count). The van der Waals surface area contributed by atoms with Crippen LogP contribution in [-0.4, -0.2) is 0 Å². The third-order valence-corrected chi connectivity index (χ3v) is 22.6. The summed E-state index contributed by atoms with van der Waals surface area (Å²) >= 11 is -2.58. The van der Waals surface area contributed by atoms with Gasteiger partial charge in [0.05, 0.1) is 0 Å². The van der Waals surface area contributed by atoms with E-state index in [1.165, 1.54) is 101 Å². The molecule has 0 amide bonds. The molecule has 1 saturated heterocycles. The minimum atomic E-state index is -2.58. The zero-order chi connectivity index (χ0) is 30.8. The topological polar surface area (TPSA) is 0 Å². The van der Waals surface area contributed by atoms with E-state index in [9.17, 15) is 0 Å². The number of aryl methyl sites for hydroxylation is 2. The first-order valence-electron chi connectivity index (χ1n) is 18.4. The Balaban J connectivity index is 0.00000182. The Morgan fingerprint density at radius 1 is 0.479 bits per heavy atom. The van der Waals surface area contributed by atoms with E-state index in [-0.39, 0.29) is 24.8 Å². The third kappa shape index (κ3) is 5.55. The van der Waals surface area contributed by atoms with Gasteiger partial charge in [0, 0.05) is 0 Å². The van der Waals surface area contributed by atoms with Crippen LogP contribution in [0, 0.1) is 25.7 Å².